The van der Waals surface area contributed by atoms with Crippen LogP contribution < -0.4 is 20.7 Å². The van der Waals surface area contributed by atoms with Gasteiger partial charge >= 0.3 is 0 Å². The van der Waals surface area contributed by atoms with Gasteiger partial charge < -0.3 is 15.4 Å². The Morgan fingerprint density at radius 2 is 1.93 bits per heavy atom. The SMILES string of the molecule is CCC1NC(C(=O)NC23CC(NC(=O)COc4ccc(Cl)c(Cl)c4)(C2)C3)CS1. The van der Waals surface area contributed by atoms with Crippen molar-refractivity contribution >= 4 is 46.8 Å². The average Bonchev–Trinajstić information content (AvgIpc) is 3.09. The van der Waals surface area contributed by atoms with Crippen molar-refractivity contribution in [3.63, 3.8) is 0 Å². The Morgan fingerprint density at radius 3 is 2.57 bits per heavy atom. The van der Waals surface area contributed by atoms with Gasteiger partial charge in [-0.25, -0.2) is 0 Å². The summed E-state index contributed by atoms with van der Waals surface area (Å²) in [5, 5.41) is 10.8. The van der Waals surface area contributed by atoms with E-state index in [0.717, 1.165) is 31.4 Å². The lowest BCUT2D eigenvalue weighted by Crippen LogP contribution is -2.84. The predicted molar refractivity (Wildman–Crippen MR) is 111 cm³/mol. The highest BCUT2D eigenvalue weighted by Crippen LogP contribution is 2.60. The van der Waals surface area contributed by atoms with Gasteiger partial charge in [-0.15, -0.1) is 11.8 Å². The van der Waals surface area contributed by atoms with Crippen LogP contribution in [0.25, 0.3) is 0 Å². The van der Waals surface area contributed by atoms with Crippen LogP contribution in [0.15, 0.2) is 18.2 Å². The Balaban J connectivity index is 1.19. The molecule has 0 radical (unpaired) electrons. The summed E-state index contributed by atoms with van der Waals surface area (Å²) in [7, 11) is 0. The maximum absolute atomic E-state index is 12.5. The predicted octanol–water partition coefficient (Wildman–Crippen LogP) is 2.72. The minimum absolute atomic E-state index is 0.0750. The highest BCUT2D eigenvalue weighted by Gasteiger charge is 2.69. The number of thioether (sulfide) groups is 1. The lowest BCUT2D eigenvalue weighted by molar-refractivity contribution is -0.151. The molecular formula is C19H23Cl2N3O3S. The Bertz CT molecular complexity index is 787. The largest absolute Gasteiger partial charge is 0.484 e. The van der Waals surface area contributed by atoms with E-state index < -0.39 is 0 Å². The third kappa shape index (κ3) is 3.95. The second kappa shape index (κ2) is 7.59. The number of rotatable bonds is 7. The molecule has 3 saturated carbocycles. The van der Waals surface area contributed by atoms with Crippen LogP contribution in [0, 0.1) is 0 Å². The number of halogens is 2. The maximum atomic E-state index is 12.5. The van der Waals surface area contributed by atoms with Crippen LogP contribution in [0.3, 0.4) is 0 Å². The fourth-order valence-electron chi connectivity index (χ4n) is 4.37. The van der Waals surface area contributed by atoms with Gasteiger partial charge in [-0.3, -0.25) is 14.9 Å². The van der Waals surface area contributed by atoms with Crippen LogP contribution in [-0.2, 0) is 9.59 Å². The monoisotopic (exact) mass is 443 g/mol. The molecule has 9 heteroatoms. The van der Waals surface area contributed by atoms with Gasteiger partial charge in [0.25, 0.3) is 5.91 Å². The van der Waals surface area contributed by atoms with E-state index in [4.69, 9.17) is 27.9 Å². The molecule has 2 atom stereocenters. The van der Waals surface area contributed by atoms with Gasteiger partial charge in [-0.05, 0) is 37.8 Å². The number of carbonyl (C=O) groups excluding carboxylic acids is 2. The average molecular weight is 444 g/mol. The lowest BCUT2D eigenvalue weighted by Gasteiger charge is -2.70. The molecule has 6 nitrogen and oxygen atoms in total. The second-order valence-electron chi connectivity index (χ2n) is 7.94. The third-order valence-electron chi connectivity index (χ3n) is 5.62. The molecule has 1 aromatic rings. The highest BCUT2D eigenvalue weighted by molar-refractivity contribution is 8.00. The van der Waals surface area contributed by atoms with E-state index in [9.17, 15) is 9.59 Å². The molecule has 2 amide bonds. The number of nitrogens with one attached hydrogen (secondary N) is 3. The zero-order valence-corrected chi connectivity index (χ0v) is 17.8. The van der Waals surface area contributed by atoms with Crippen molar-refractivity contribution in [1.29, 1.82) is 0 Å². The fraction of sp³-hybridized carbons (Fsp3) is 0.579. The molecule has 1 aliphatic heterocycles. The molecule has 3 N–H and O–H groups in total. The maximum Gasteiger partial charge on any atom is 0.258 e. The summed E-state index contributed by atoms with van der Waals surface area (Å²) in [6.45, 7) is 2.03. The first-order valence-electron chi connectivity index (χ1n) is 9.41. The van der Waals surface area contributed by atoms with E-state index in [2.05, 4.69) is 22.9 Å². The smallest absolute Gasteiger partial charge is 0.258 e. The quantitative estimate of drug-likeness (QED) is 0.603. The van der Waals surface area contributed by atoms with Gasteiger partial charge in [0.15, 0.2) is 6.61 Å². The number of amides is 2. The summed E-state index contributed by atoms with van der Waals surface area (Å²) in [4.78, 5) is 24.7. The standard InChI is InChI=1S/C19H23Cl2N3O3S/c1-2-16-22-14(7-28-16)17(26)24-19-8-18(9-19,10-19)23-15(25)6-27-11-3-4-12(20)13(21)5-11/h3-5,14,16,22H,2,6-10H2,1H3,(H,23,25)(H,24,26). The molecule has 152 valence electrons. The number of hydrogen-bond donors (Lipinski definition) is 3. The summed E-state index contributed by atoms with van der Waals surface area (Å²) in [5.41, 5.74) is -0.346. The van der Waals surface area contributed by atoms with Crippen molar-refractivity contribution in [2.24, 2.45) is 0 Å². The van der Waals surface area contributed by atoms with Gasteiger partial charge in [-0.2, -0.15) is 0 Å². The van der Waals surface area contributed by atoms with Gasteiger partial charge in [0.05, 0.1) is 21.5 Å². The Kier molecular flexibility index (Phi) is 5.46. The Labute approximate surface area is 178 Å². The van der Waals surface area contributed by atoms with Crippen molar-refractivity contribution < 1.29 is 14.3 Å². The van der Waals surface area contributed by atoms with Crippen LogP contribution >= 0.6 is 35.0 Å². The topological polar surface area (TPSA) is 79.5 Å². The zero-order chi connectivity index (χ0) is 19.9. The lowest BCUT2D eigenvalue weighted by atomic mass is 9.44. The molecule has 3 aliphatic carbocycles. The van der Waals surface area contributed by atoms with E-state index in [1.165, 1.54) is 0 Å². The van der Waals surface area contributed by atoms with E-state index in [-0.39, 0.29) is 35.5 Å². The molecule has 2 bridgehead atoms. The zero-order valence-electron chi connectivity index (χ0n) is 15.5. The molecule has 1 aromatic carbocycles. The normalized spacial score (nSPS) is 32.8. The van der Waals surface area contributed by atoms with Crippen molar-refractivity contribution in [3.8, 4) is 5.75 Å². The van der Waals surface area contributed by atoms with E-state index in [1.54, 1.807) is 30.0 Å². The van der Waals surface area contributed by atoms with Gasteiger partial charge in [0.1, 0.15) is 5.75 Å². The molecule has 28 heavy (non-hydrogen) atoms. The Hall–Kier alpha value is -1.15. The first-order chi connectivity index (χ1) is 13.3. The van der Waals surface area contributed by atoms with Crippen LogP contribution in [0.2, 0.25) is 10.0 Å². The number of ether oxygens (including phenoxy) is 1. The third-order valence-corrected chi connectivity index (χ3v) is 7.76. The highest BCUT2D eigenvalue weighted by atomic mass is 35.5. The minimum Gasteiger partial charge on any atom is -0.484 e. The van der Waals surface area contributed by atoms with E-state index in [1.807, 2.05) is 0 Å². The van der Waals surface area contributed by atoms with Crippen molar-refractivity contribution in [3.05, 3.63) is 28.2 Å². The summed E-state index contributed by atoms with van der Waals surface area (Å²) in [5.74, 6) is 1.21. The van der Waals surface area contributed by atoms with Gasteiger partial charge in [0, 0.05) is 22.9 Å². The molecule has 1 heterocycles. The van der Waals surface area contributed by atoms with Crippen molar-refractivity contribution in [2.45, 2.75) is 55.1 Å². The summed E-state index contributed by atoms with van der Waals surface area (Å²) in [6.07, 6.45) is 3.35. The summed E-state index contributed by atoms with van der Waals surface area (Å²) >= 11 is 13.6. The first kappa shape index (κ1) is 20.1. The van der Waals surface area contributed by atoms with Crippen molar-refractivity contribution in [2.75, 3.05) is 12.4 Å². The van der Waals surface area contributed by atoms with Crippen LogP contribution in [0.1, 0.15) is 32.6 Å². The van der Waals surface area contributed by atoms with Gasteiger partial charge in [-0.1, -0.05) is 30.1 Å². The molecular weight excluding hydrogens is 421 g/mol. The minimum atomic E-state index is -0.199. The number of carbonyl (C=O) groups is 2. The second-order valence-corrected chi connectivity index (χ2v) is 9.99. The van der Waals surface area contributed by atoms with Crippen LogP contribution in [-0.4, -0.2) is 46.7 Å². The summed E-state index contributed by atoms with van der Waals surface area (Å²) in [6, 6.07) is 4.77. The molecule has 0 aromatic heterocycles. The molecule has 2 unspecified atom stereocenters. The fourth-order valence-corrected chi connectivity index (χ4v) is 5.83. The summed E-state index contributed by atoms with van der Waals surface area (Å²) < 4.78 is 5.48. The molecule has 0 spiro atoms. The van der Waals surface area contributed by atoms with Crippen LogP contribution in [0.5, 0.6) is 5.75 Å². The number of benzene rings is 1. The van der Waals surface area contributed by atoms with E-state index in [0.29, 0.717) is 21.2 Å². The Morgan fingerprint density at radius 1 is 1.21 bits per heavy atom. The molecule has 4 fully saturated rings. The van der Waals surface area contributed by atoms with E-state index >= 15 is 0 Å². The molecule has 5 rings (SSSR count). The van der Waals surface area contributed by atoms with Crippen molar-refractivity contribution in [1.82, 2.24) is 16.0 Å². The number of hydrogen-bond acceptors (Lipinski definition) is 5. The van der Waals surface area contributed by atoms with Crippen LogP contribution in [0.4, 0.5) is 0 Å². The first-order valence-corrected chi connectivity index (χ1v) is 11.2. The molecule has 1 saturated heterocycles. The van der Waals surface area contributed by atoms with Gasteiger partial charge in [0.2, 0.25) is 5.91 Å². The molecule has 4 aliphatic rings.